The van der Waals surface area contributed by atoms with Gasteiger partial charge in [0, 0.05) is 0 Å². The van der Waals surface area contributed by atoms with Gasteiger partial charge in [-0.2, -0.15) is 4.68 Å². The van der Waals surface area contributed by atoms with Gasteiger partial charge in [0.05, 0.1) is 5.69 Å². The van der Waals surface area contributed by atoms with E-state index in [4.69, 9.17) is 9.47 Å². The average Bonchev–Trinajstić information content (AvgIpc) is 3.26. The number of benzene rings is 3. The zero-order chi connectivity index (χ0) is 19.9. The van der Waals surface area contributed by atoms with Crippen LogP contribution in [0.4, 0.5) is 0 Å². The van der Waals surface area contributed by atoms with Crippen molar-refractivity contribution < 1.29 is 14.3 Å². The van der Waals surface area contributed by atoms with Crippen LogP contribution < -0.4 is 4.74 Å². The van der Waals surface area contributed by atoms with Crippen LogP contribution in [0.2, 0.25) is 0 Å². The van der Waals surface area contributed by atoms with Gasteiger partial charge in [-0.3, -0.25) is 0 Å². The molecule has 0 amide bonds. The molecular formula is C22H18N4O3. The number of ether oxygens (including phenoxy) is 2. The van der Waals surface area contributed by atoms with Gasteiger partial charge in [-0.15, -0.1) is 5.10 Å². The van der Waals surface area contributed by atoms with Crippen molar-refractivity contribution >= 4 is 5.97 Å². The summed E-state index contributed by atoms with van der Waals surface area (Å²) in [5, 5.41) is 11.5. The number of carbonyl (C=O) groups excluding carboxylic acids is 1. The fourth-order valence-electron chi connectivity index (χ4n) is 2.77. The fraction of sp³-hybridized carbons (Fsp3) is 0.0909. The highest BCUT2D eigenvalue weighted by molar-refractivity contribution is 5.71. The topological polar surface area (TPSA) is 79.1 Å². The predicted molar refractivity (Wildman–Crippen MR) is 106 cm³/mol. The van der Waals surface area contributed by atoms with Crippen LogP contribution in [0.5, 0.6) is 5.75 Å². The minimum absolute atomic E-state index is 0.0446. The van der Waals surface area contributed by atoms with E-state index in [2.05, 4.69) is 15.5 Å². The van der Waals surface area contributed by atoms with E-state index >= 15 is 0 Å². The predicted octanol–water partition coefficient (Wildman–Crippen LogP) is 3.45. The molecule has 7 nitrogen and oxygen atoms in total. The molecule has 4 rings (SSSR count). The summed E-state index contributed by atoms with van der Waals surface area (Å²) in [6.07, 6.45) is 0. The number of esters is 1. The van der Waals surface area contributed by atoms with Crippen molar-refractivity contribution in [3.05, 3.63) is 90.8 Å². The van der Waals surface area contributed by atoms with Crippen LogP contribution in [0.25, 0.3) is 16.8 Å². The highest BCUT2D eigenvalue weighted by atomic mass is 16.6. The summed E-state index contributed by atoms with van der Waals surface area (Å²) in [5.41, 5.74) is 2.99. The monoisotopic (exact) mass is 386 g/mol. The number of aromatic nitrogens is 4. The molecule has 29 heavy (non-hydrogen) atoms. The second kappa shape index (κ2) is 8.79. The molecule has 4 aromatic rings. The largest absolute Gasteiger partial charge is 0.482 e. The fourth-order valence-corrected chi connectivity index (χ4v) is 2.77. The van der Waals surface area contributed by atoms with Gasteiger partial charge in [0.25, 0.3) is 0 Å². The lowest BCUT2D eigenvalue weighted by molar-refractivity contribution is -0.147. The van der Waals surface area contributed by atoms with E-state index in [0.29, 0.717) is 11.6 Å². The van der Waals surface area contributed by atoms with E-state index in [0.717, 1.165) is 16.8 Å². The summed E-state index contributed by atoms with van der Waals surface area (Å²) in [4.78, 5) is 12.0. The molecule has 0 aliphatic rings. The molecule has 0 N–H and O–H groups in total. The molecule has 0 saturated heterocycles. The molecule has 0 radical (unpaired) electrons. The molecule has 0 spiro atoms. The third kappa shape index (κ3) is 4.65. The van der Waals surface area contributed by atoms with Crippen LogP contribution in [0.3, 0.4) is 0 Å². The van der Waals surface area contributed by atoms with E-state index in [1.54, 1.807) is 0 Å². The lowest BCUT2D eigenvalue weighted by Gasteiger charge is -2.08. The molecule has 0 saturated carbocycles. The summed E-state index contributed by atoms with van der Waals surface area (Å²) in [6, 6.07) is 27.0. The van der Waals surface area contributed by atoms with Crippen LogP contribution >= 0.6 is 0 Å². The Morgan fingerprint density at radius 2 is 1.48 bits per heavy atom. The number of nitrogens with zero attached hydrogens (tertiary/aromatic N) is 4. The van der Waals surface area contributed by atoms with E-state index in [1.165, 1.54) is 4.68 Å². The van der Waals surface area contributed by atoms with Crippen LogP contribution in [0.15, 0.2) is 84.9 Å². The summed E-state index contributed by atoms with van der Waals surface area (Å²) in [6.45, 7) is -0.241. The number of carbonyl (C=O) groups is 1. The second-order valence-corrected chi connectivity index (χ2v) is 6.18. The minimum atomic E-state index is -0.500. The normalized spacial score (nSPS) is 10.5. The molecule has 0 fully saturated rings. The first-order chi connectivity index (χ1) is 14.3. The Kier molecular flexibility index (Phi) is 5.57. The Balaban J connectivity index is 1.30. The molecule has 1 heterocycles. The molecule has 7 heteroatoms. The maximum atomic E-state index is 12.0. The highest BCUT2D eigenvalue weighted by Crippen LogP contribution is 2.22. The van der Waals surface area contributed by atoms with Gasteiger partial charge in [-0.05, 0) is 45.8 Å². The quantitative estimate of drug-likeness (QED) is 0.453. The Labute approximate surface area is 167 Å². The highest BCUT2D eigenvalue weighted by Gasteiger charge is 2.12. The van der Waals surface area contributed by atoms with Crippen LogP contribution in [-0.4, -0.2) is 32.8 Å². The van der Waals surface area contributed by atoms with Gasteiger partial charge in [-0.1, -0.05) is 60.7 Å². The van der Waals surface area contributed by atoms with Crippen molar-refractivity contribution in [2.45, 2.75) is 6.61 Å². The van der Waals surface area contributed by atoms with Crippen molar-refractivity contribution in [2.24, 2.45) is 0 Å². The van der Waals surface area contributed by atoms with Crippen LogP contribution in [-0.2, 0) is 16.1 Å². The van der Waals surface area contributed by atoms with E-state index in [9.17, 15) is 4.79 Å². The van der Waals surface area contributed by atoms with Gasteiger partial charge < -0.3 is 9.47 Å². The zero-order valence-electron chi connectivity index (χ0n) is 15.5. The molecule has 3 aromatic carbocycles. The van der Waals surface area contributed by atoms with E-state index in [1.807, 2.05) is 84.9 Å². The maximum Gasteiger partial charge on any atom is 0.344 e. The summed E-state index contributed by atoms with van der Waals surface area (Å²) >= 11 is 0. The van der Waals surface area contributed by atoms with Crippen LogP contribution in [0, 0.1) is 0 Å². The summed E-state index contributed by atoms with van der Waals surface area (Å²) in [5.74, 6) is 0.521. The number of hydrogen-bond acceptors (Lipinski definition) is 6. The van der Waals surface area contributed by atoms with Crippen molar-refractivity contribution in [1.29, 1.82) is 0 Å². The molecule has 144 valence electrons. The van der Waals surface area contributed by atoms with E-state index < -0.39 is 5.97 Å². The minimum Gasteiger partial charge on any atom is -0.482 e. The lowest BCUT2D eigenvalue weighted by Crippen LogP contribution is -2.16. The molecule has 0 unspecified atom stereocenters. The maximum absolute atomic E-state index is 12.0. The van der Waals surface area contributed by atoms with Crippen molar-refractivity contribution in [2.75, 3.05) is 6.61 Å². The molecule has 0 atom stereocenters. The molecule has 1 aromatic heterocycles. The number of para-hydroxylation sites is 1. The molecule has 0 aliphatic carbocycles. The Hall–Kier alpha value is -4.00. The average molecular weight is 386 g/mol. The lowest BCUT2D eigenvalue weighted by atomic mass is 10.1. The first-order valence-corrected chi connectivity index (χ1v) is 9.06. The summed E-state index contributed by atoms with van der Waals surface area (Å²) in [7, 11) is 0. The van der Waals surface area contributed by atoms with Gasteiger partial charge in [0.1, 0.15) is 5.75 Å². The van der Waals surface area contributed by atoms with Crippen molar-refractivity contribution in [1.82, 2.24) is 20.2 Å². The Morgan fingerprint density at radius 3 is 2.21 bits per heavy atom. The van der Waals surface area contributed by atoms with Crippen molar-refractivity contribution in [3.63, 3.8) is 0 Å². The summed E-state index contributed by atoms with van der Waals surface area (Å²) < 4.78 is 12.3. The Morgan fingerprint density at radius 1 is 0.828 bits per heavy atom. The third-order valence-electron chi connectivity index (χ3n) is 4.22. The van der Waals surface area contributed by atoms with Gasteiger partial charge in [0.2, 0.25) is 0 Å². The molecule has 0 bridgehead atoms. The van der Waals surface area contributed by atoms with Gasteiger partial charge in [0.15, 0.2) is 19.0 Å². The number of rotatable bonds is 7. The molecular weight excluding hydrogens is 368 g/mol. The van der Waals surface area contributed by atoms with Gasteiger partial charge in [-0.25, -0.2) is 4.79 Å². The first kappa shape index (κ1) is 18.4. The van der Waals surface area contributed by atoms with Crippen molar-refractivity contribution in [3.8, 4) is 22.6 Å². The third-order valence-corrected chi connectivity index (χ3v) is 4.22. The number of tetrazole rings is 1. The number of hydrogen-bond donors (Lipinski definition) is 0. The Bertz CT molecular complexity index is 1060. The first-order valence-electron chi connectivity index (χ1n) is 9.06. The standard InChI is InChI=1S/C22H18N4O3/c27-22(29-15-21-23-24-25-26(21)19-9-5-2-6-10-19)16-28-20-13-11-18(12-14-20)17-7-3-1-4-8-17/h1-14H,15-16H2. The van der Waals surface area contributed by atoms with Crippen LogP contribution in [0.1, 0.15) is 5.82 Å². The SMILES string of the molecule is O=C(COc1ccc(-c2ccccc2)cc1)OCc1nnnn1-c1ccccc1. The second-order valence-electron chi connectivity index (χ2n) is 6.18. The molecule has 0 aliphatic heterocycles. The van der Waals surface area contributed by atoms with Gasteiger partial charge >= 0.3 is 5.97 Å². The smallest absolute Gasteiger partial charge is 0.344 e. The zero-order valence-corrected chi connectivity index (χ0v) is 15.5. The van der Waals surface area contributed by atoms with E-state index in [-0.39, 0.29) is 13.2 Å².